The minimum absolute atomic E-state index is 0.0164. The second-order valence-electron chi connectivity index (χ2n) is 11.5. The number of esters is 1. The molecule has 1 heterocycles. The van der Waals surface area contributed by atoms with Gasteiger partial charge in [-0.2, -0.15) is 0 Å². The average molecular weight is 477 g/mol. The fourth-order valence-electron chi connectivity index (χ4n) is 6.79. The highest BCUT2D eigenvalue weighted by atomic mass is 16.6. The van der Waals surface area contributed by atoms with E-state index >= 15 is 0 Å². The van der Waals surface area contributed by atoms with Gasteiger partial charge in [0.1, 0.15) is 6.61 Å². The predicted octanol–water partition coefficient (Wildman–Crippen LogP) is 1.65. The Hall–Kier alpha value is -1.87. The predicted molar refractivity (Wildman–Crippen MR) is 121 cm³/mol. The molecular formula is C26H36O8. The molecule has 0 amide bonds. The molecule has 1 saturated heterocycles. The van der Waals surface area contributed by atoms with Gasteiger partial charge in [-0.3, -0.25) is 9.59 Å². The Balaban J connectivity index is 1.52. The number of aliphatic hydroxyl groups is 3. The third-order valence-corrected chi connectivity index (χ3v) is 9.10. The summed E-state index contributed by atoms with van der Waals surface area (Å²) < 4.78 is 10.7. The number of allylic oxidation sites excluding steroid dienone is 1. The van der Waals surface area contributed by atoms with Crippen LogP contribution in [0.15, 0.2) is 23.8 Å². The molecule has 188 valence electrons. The minimum Gasteiger partial charge on any atom is -0.459 e. The van der Waals surface area contributed by atoms with E-state index in [0.717, 1.165) is 24.8 Å². The monoisotopic (exact) mass is 476 g/mol. The van der Waals surface area contributed by atoms with E-state index in [1.54, 1.807) is 0 Å². The molecule has 0 aromatic carbocycles. The number of epoxide rings is 1. The Bertz CT molecular complexity index is 948. The highest BCUT2D eigenvalue weighted by Crippen LogP contribution is 2.64. The second kappa shape index (κ2) is 8.36. The van der Waals surface area contributed by atoms with Crippen LogP contribution in [-0.2, 0) is 23.9 Å². The van der Waals surface area contributed by atoms with Gasteiger partial charge in [0.15, 0.2) is 29.4 Å². The van der Waals surface area contributed by atoms with E-state index in [2.05, 4.69) is 27.4 Å². The molecule has 0 aromatic heterocycles. The summed E-state index contributed by atoms with van der Waals surface area (Å²) in [7, 11) is 0. The molecule has 8 heteroatoms. The Morgan fingerprint density at radius 1 is 1.26 bits per heavy atom. The molecule has 0 aromatic rings. The van der Waals surface area contributed by atoms with Crippen molar-refractivity contribution in [1.82, 2.24) is 0 Å². The van der Waals surface area contributed by atoms with Crippen molar-refractivity contribution in [3.8, 4) is 0 Å². The smallest absolute Gasteiger partial charge is 0.338 e. The first-order valence-electron chi connectivity index (χ1n) is 12.1. The second-order valence-corrected chi connectivity index (χ2v) is 11.5. The van der Waals surface area contributed by atoms with Crippen LogP contribution in [0.3, 0.4) is 0 Å². The van der Waals surface area contributed by atoms with Crippen molar-refractivity contribution in [3.05, 3.63) is 23.8 Å². The van der Waals surface area contributed by atoms with Gasteiger partial charge in [0, 0.05) is 5.57 Å². The summed E-state index contributed by atoms with van der Waals surface area (Å²) in [6.07, 6.45) is 0.469. The van der Waals surface area contributed by atoms with Crippen molar-refractivity contribution in [3.63, 3.8) is 0 Å². The van der Waals surface area contributed by atoms with Gasteiger partial charge in [0.25, 0.3) is 0 Å². The lowest BCUT2D eigenvalue weighted by atomic mass is 9.46. The Morgan fingerprint density at radius 3 is 2.59 bits per heavy atom. The fraction of sp³-hybridized carbons (Fsp3) is 0.731. The summed E-state index contributed by atoms with van der Waals surface area (Å²) in [5.74, 6) is -1.56. The van der Waals surface area contributed by atoms with Crippen LogP contribution in [0.2, 0.25) is 0 Å². The molecule has 34 heavy (non-hydrogen) atoms. The number of hydrogen-bond donors (Lipinski definition) is 3. The van der Waals surface area contributed by atoms with Crippen LogP contribution in [0.4, 0.5) is 0 Å². The van der Waals surface area contributed by atoms with Crippen LogP contribution in [0.25, 0.3) is 0 Å². The summed E-state index contributed by atoms with van der Waals surface area (Å²) >= 11 is 0. The van der Waals surface area contributed by atoms with Gasteiger partial charge in [-0.25, -0.2) is 4.79 Å². The molecule has 3 N–H and O–H groups in total. The maximum absolute atomic E-state index is 13.2. The standard InChI is InChI=1S/C26H36O8/c1-13-6-7-17-24(3,4)18(28)8-9-25(17,5)16(13)11-26-19(29)10-15(21(31)22(26)34-26)12-33-23(32)20(30)14(2)27/h10,14,16-18,20,22,27-28,30H,1,6-9,11-12H2,2-5H3/t14-,16-,17?,18+,20+,22-,25+,26+/m0/s1. The van der Waals surface area contributed by atoms with Crippen LogP contribution < -0.4 is 0 Å². The van der Waals surface area contributed by atoms with E-state index in [1.165, 1.54) is 13.0 Å². The zero-order chi connectivity index (χ0) is 25.2. The maximum Gasteiger partial charge on any atom is 0.338 e. The molecule has 0 radical (unpaired) electrons. The van der Waals surface area contributed by atoms with E-state index < -0.39 is 42.3 Å². The lowest BCUT2D eigenvalue weighted by molar-refractivity contribution is -0.158. The molecule has 2 saturated carbocycles. The van der Waals surface area contributed by atoms with E-state index in [4.69, 9.17) is 9.47 Å². The average Bonchev–Trinajstić information content (AvgIpc) is 3.51. The van der Waals surface area contributed by atoms with Gasteiger partial charge in [-0.05, 0) is 67.8 Å². The largest absolute Gasteiger partial charge is 0.459 e. The van der Waals surface area contributed by atoms with Crippen molar-refractivity contribution in [2.24, 2.45) is 22.7 Å². The summed E-state index contributed by atoms with van der Waals surface area (Å²) in [4.78, 5) is 37.9. The Kier molecular flexibility index (Phi) is 6.21. The van der Waals surface area contributed by atoms with Crippen LogP contribution in [-0.4, -0.2) is 69.5 Å². The Morgan fingerprint density at radius 2 is 1.94 bits per heavy atom. The van der Waals surface area contributed by atoms with Crippen molar-refractivity contribution >= 4 is 17.5 Å². The quantitative estimate of drug-likeness (QED) is 0.299. The molecule has 1 unspecified atom stereocenters. The fourth-order valence-corrected chi connectivity index (χ4v) is 6.79. The van der Waals surface area contributed by atoms with E-state index in [9.17, 15) is 29.7 Å². The first-order chi connectivity index (χ1) is 15.8. The van der Waals surface area contributed by atoms with Crippen LogP contribution in [0, 0.1) is 22.7 Å². The number of aliphatic hydroxyl groups excluding tert-OH is 3. The molecule has 1 aliphatic heterocycles. The third-order valence-electron chi connectivity index (χ3n) is 9.10. The third kappa shape index (κ3) is 3.79. The molecule has 4 aliphatic rings. The number of ketones is 2. The van der Waals surface area contributed by atoms with E-state index in [0.29, 0.717) is 12.8 Å². The summed E-state index contributed by atoms with van der Waals surface area (Å²) in [6, 6.07) is 0. The maximum atomic E-state index is 13.2. The summed E-state index contributed by atoms with van der Waals surface area (Å²) in [5.41, 5.74) is -0.563. The van der Waals surface area contributed by atoms with Crippen LogP contribution in [0.1, 0.15) is 59.8 Å². The zero-order valence-electron chi connectivity index (χ0n) is 20.4. The van der Waals surface area contributed by atoms with Crippen molar-refractivity contribution < 1.29 is 39.2 Å². The minimum atomic E-state index is -1.73. The first kappa shape index (κ1) is 25.2. The van der Waals surface area contributed by atoms with Crippen LogP contribution in [0.5, 0.6) is 0 Å². The topological polar surface area (TPSA) is 134 Å². The SMILES string of the molecule is C=C1CCC2C(C)(C)[C@H](O)CC[C@]2(C)[C@H]1C[C@]12O[C@H]1C(=O)C(COC(=O)[C@H](O)[C@H](C)O)=CC2=O. The number of Topliss-reactive ketones (excluding diaryl/α,β-unsaturated/α-hetero) is 1. The zero-order valence-corrected chi connectivity index (χ0v) is 20.4. The van der Waals surface area contributed by atoms with Crippen molar-refractivity contribution in [2.45, 2.75) is 89.8 Å². The summed E-state index contributed by atoms with van der Waals surface area (Å²) in [6.45, 7) is 11.5. The number of ether oxygens (including phenoxy) is 2. The first-order valence-corrected chi connectivity index (χ1v) is 12.1. The molecule has 3 fully saturated rings. The van der Waals surface area contributed by atoms with Gasteiger partial charge < -0.3 is 24.8 Å². The van der Waals surface area contributed by atoms with Gasteiger partial charge in [0.05, 0.1) is 12.2 Å². The van der Waals surface area contributed by atoms with Gasteiger partial charge >= 0.3 is 5.97 Å². The van der Waals surface area contributed by atoms with E-state index in [-0.39, 0.29) is 40.1 Å². The lowest BCUT2D eigenvalue weighted by Gasteiger charge is -2.59. The van der Waals surface area contributed by atoms with Crippen molar-refractivity contribution in [2.75, 3.05) is 6.61 Å². The van der Waals surface area contributed by atoms with Crippen molar-refractivity contribution in [1.29, 1.82) is 0 Å². The molecule has 4 rings (SSSR count). The normalized spacial score (nSPS) is 40.6. The van der Waals surface area contributed by atoms with Gasteiger partial charge in [-0.1, -0.05) is 32.9 Å². The highest BCUT2D eigenvalue weighted by Gasteiger charge is 2.69. The molecule has 3 aliphatic carbocycles. The number of carbonyl (C=O) groups excluding carboxylic acids is 3. The molecule has 0 spiro atoms. The van der Waals surface area contributed by atoms with Gasteiger partial charge in [0.2, 0.25) is 0 Å². The number of hydrogen-bond acceptors (Lipinski definition) is 8. The van der Waals surface area contributed by atoms with E-state index in [1.807, 2.05) is 0 Å². The highest BCUT2D eigenvalue weighted by molar-refractivity contribution is 6.18. The van der Waals surface area contributed by atoms with Gasteiger partial charge in [-0.15, -0.1) is 0 Å². The molecule has 0 bridgehead atoms. The number of rotatable bonds is 6. The number of carbonyl (C=O) groups is 3. The molecular weight excluding hydrogens is 440 g/mol. The molecule has 8 atom stereocenters. The Labute approximate surface area is 200 Å². The van der Waals surface area contributed by atoms with Crippen LogP contribution >= 0.6 is 0 Å². The molecule has 8 nitrogen and oxygen atoms in total. The number of fused-ring (bicyclic) bond motifs is 2. The summed E-state index contributed by atoms with van der Waals surface area (Å²) in [5, 5.41) is 29.5. The lowest BCUT2D eigenvalue weighted by Crippen LogP contribution is -2.55.